The van der Waals surface area contributed by atoms with Gasteiger partial charge in [-0.25, -0.2) is 23.8 Å². The number of nitrogens with two attached hydrogens (primary N) is 1. The second kappa shape index (κ2) is 10.6. The molecule has 41 heavy (non-hydrogen) atoms. The molecule has 3 aromatic heterocycles. The molecular weight excluding hydrogens is 524 g/mol. The lowest BCUT2D eigenvalue weighted by Gasteiger charge is -2.16. The van der Waals surface area contributed by atoms with E-state index < -0.39 is 11.4 Å². The molecule has 0 aliphatic rings. The Morgan fingerprint density at radius 2 is 1.61 bits per heavy atom. The maximum absolute atomic E-state index is 13.8. The molecular formula is C28H28N10O3. The number of aromatic nitrogens is 8. The first-order chi connectivity index (χ1) is 19.9. The van der Waals surface area contributed by atoms with Gasteiger partial charge in [0.1, 0.15) is 11.3 Å². The number of methoxy groups -OCH3 is 1. The van der Waals surface area contributed by atoms with Crippen LogP contribution in [0.5, 0.6) is 5.75 Å². The summed E-state index contributed by atoms with van der Waals surface area (Å²) in [4.78, 5) is 35.6. The lowest BCUT2D eigenvalue weighted by Crippen LogP contribution is -2.43. The zero-order valence-electron chi connectivity index (χ0n) is 22.6. The minimum Gasteiger partial charge on any atom is -0.497 e. The van der Waals surface area contributed by atoms with Crippen molar-refractivity contribution >= 4 is 34.0 Å². The van der Waals surface area contributed by atoms with Gasteiger partial charge in [0.2, 0.25) is 11.9 Å². The summed E-state index contributed by atoms with van der Waals surface area (Å²) < 4.78 is 11.4. The molecule has 0 atom stereocenters. The van der Waals surface area contributed by atoms with E-state index in [1.54, 1.807) is 18.8 Å². The molecule has 0 unspecified atom stereocenters. The summed E-state index contributed by atoms with van der Waals surface area (Å²) in [6.07, 6.45) is 0. The maximum atomic E-state index is 13.8. The number of nitrogens with zero attached hydrogens (tertiary/aromatic N) is 8. The summed E-state index contributed by atoms with van der Waals surface area (Å²) in [6, 6.07) is 20.5. The van der Waals surface area contributed by atoms with E-state index in [2.05, 4.69) is 25.6 Å². The number of aryl methyl sites for hydroxylation is 1. The fourth-order valence-electron chi connectivity index (χ4n) is 4.83. The fraction of sp³-hybridized carbons (Fsp3) is 0.214. The number of nitrogens with one attached hydrogen (secondary N) is 1. The minimum atomic E-state index is -0.657. The van der Waals surface area contributed by atoms with Gasteiger partial charge in [-0.05, 0) is 47.5 Å². The number of benzene rings is 3. The van der Waals surface area contributed by atoms with E-state index >= 15 is 0 Å². The van der Waals surface area contributed by atoms with Gasteiger partial charge in [-0.15, -0.1) is 5.10 Å². The molecule has 13 heteroatoms. The number of imidazole rings is 1. The number of fused-ring (bicyclic) bond motifs is 2. The first-order valence-electron chi connectivity index (χ1n) is 13.0. The average Bonchev–Trinajstić information content (AvgIpc) is 3.51. The van der Waals surface area contributed by atoms with E-state index in [4.69, 9.17) is 10.5 Å². The molecule has 0 radical (unpaired) electrons. The van der Waals surface area contributed by atoms with E-state index in [0.717, 1.165) is 32.2 Å². The van der Waals surface area contributed by atoms with E-state index in [9.17, 15) is 9.59 Å². The normalized spacial score (nSPS) is 11.4. The van der Waals surface area contributed by atoms with Gasteiger partial charge in [0.25, 0.3) is 0 Å². The molecule has 208 valence electrons. The van der Waals surface area contributed by atoms with Crippen LogP contribution in [0.25, 0.3) is 22.1 Å². The Bertz CT molecular complexity index is 1990. The lowest BCUT2D eigenvalue weighted by molar-refractivity contribution is 0.414. The van der Waals surface area contributed by atoms with Crippen molar-refractivity contribution in [1.82, 2.24) is 38.7 Å². The Morgan fingerprint density at radius 3 is 2.41 bits per heavy atom. The van der Waals surface area contributed by atoms with Crippen molar-refractivity contribution in [3.63, 3.8) is 0 Å². The fourth-order valence-corrected chi connectivity index (χ4v) is 4.83. The van der Waals surface area contributed by atoms with Gasteiger partial charge in [-0.2, -0.15) is 4.98 Å². The first-order valence-corrected chi connectivity index (χ1v) is 13.0. The standard InChI is InChI=1S/C28H28N10O3/c1-35-23-12-9-19(15-22(23)33-34-35)17-38-27(39)32-26(37(28(38)40)16-18-7-10-20(41-2)11-8-18)30-13-14-36-24-6-4-3-5-21(24)31-25(36)29/h3-12,15H,13-14,16-17H2,1-2H3,(H2,29,31)(H,30,32,39). The van der Waals surface area contributed by atoms with E-state index in [1.165, 1.54) is 4.57 Å². The monoisotopic (exact) mass is 552 g/mol. The number of hydrogen-bond donors (Lipinski definition) is 2. The number of hydrogen-bond acceptors (Lipinski definition) is 9. The second-order valence-electron chi connectivity index (χ2n) is 9.59. The molecule has 6 rings (SSSR count). The highest BCUT2D eigenvalue weighted by Crippen LogP contribution is 2.18. The Balaban J connectivity index is 1.33. The number of rotatable bonds is 9. The number of anilines is 2. The van der Waals surface area contributed by atoms with Crippen molar-refractivity contribution in [2.45, 2.75) is 19.6 Å². The average molecular weight is 553 g/mol. The lowest BCUT2D eigenvalue weighted by atomic mass is 10.2. The number of para-hydroxylation sites is 2. The maximum Gasteiger partial charge on any atom is 0.355 e. The Morgan fingerprint density at radius 1 is 0.854 bits per heavy atom. The Hall–Kier alpha value is -5.46. The predicted molar refractivity (Wildman–Crippen MR) is 155 cm³/mol. The van der Waals surface area contributed by atoms with Crippen molar-refractivity contribution in [2.24, 2.45) is 7.05 Å². The van der Waals surface area contributed by atoms with Gasteiger partial charge in [0, 0.05) is 20.1 Å². The number of nitrogen functional groups attached to an aromatic ring is 1. The van der Waals surface area contributed by atoms with Crippen LogP contribution >= 0.6 is 0 Å². The van der Waals surface area contributed by atoms with Crippen molar-refractivity contribution in [3.05, 3.63) is 98.8 Å². The SMILES string of the molecule is COc1ccc(Cn2c(NCCn3c(N)nc4ccccc43)nc(=O)n(Cc3ccc4c(c3)nnn4C)c2=O)cc1. The van der Waals surface area contributed by atoms with Crippen LogP contribution in [-0.2, 0) is 26.7 Å². The highest BCUT2D eigenvalue weighted by atomic mass is 16.5. The third-order valence-electron chi connectivity index (χ3n) is 6.97. The minimum absolute atomic E-state index is 0.0393. The van der Waals surface area contributed by atoms with Crippen LogP contribution in [0, 0.1) is 0 Å². The van der Waals surface area contributed by atoms with Crippen molar-refractivity contribution in [2.75, 3.05) is 24.7 Å². The smallest absolute Gasteiger partial charge is 0.355 e. The van der Waals surface area contributed by atoms with Crippen LogP contribution < -0.4 is 27.2 Å². The van der Waals surface area contributed by atoms with Crippen LogP contribution in [0.1, 0.15) is 11.1 Å². The molecule has 13 nitrogen and oxygen atoms in total. The second-order valence-corrected chi connectivity index (χ2v) is 9.59. The quantitative estimate of drug-likeness (QED) is 0.274. The third-order valence-corrected chi connectivity index (χ3v) is 6.97. The van der Waals surface area contributed by atoms with Crippen molar-refractivity contribution < 1.29 is 4.74 Å². The third kappa shape index (κ3) is 5.00. The molecule has 0 amide bonds. The molecule has 3 N–H and O–H groups in total. The van der Waals surface area contributed by atoms with Gasteiger partial charge in [0.15, 0.2) is 0 Å². The van der Waals surface area contributed by atoms with Crippen LogP contribution in [-0.4, -0.2) is 52.3 Å². The number of ether oxygens (including phenoxy) is 1. The van der Waals surface area contributed by atoms with Crippen LogP contribution in [0.2, 0.25) is 0 Å². The summed E-state index contributed by atoms with van der Waals surface area (Å²) >= 11 is 0. The van der Waals surface area contributed by atoms with E-state index in [-0.39, 0.29) is 19.0 Å². The van der Waals surface area contributed by atoms with Crippen LogP contribution in [0.15, 0.2) is 76.3 Å². The van der Waals surface area contributed by atoms with Crippen molar-refractivity contribution in [1.29, 1.82) is 0 Å². The van der Waals surface area contributed by atoms with Gasteiger partial charge in [-0.3, -0.25) is 4.57 Å². The largest absolute Gasteiger partial charge is 0.497 e. The van der Waals surface area contributed by atoms with Gasteiger partial charge in [-0.1, -0.05) is 35.5 Å². The summed E-state index contributed by atoms with van der Waals surface area (Å²) in [6.45, 7) is 1.04. The molecule has 3 heterocycles. The molecule has 0 saturated carbocycles. The summed E-state index contributed by atoms with van der Waals surface area (Å²) in [5, 5.41) is 11.3. The summed E-state index contributed by atoms with van der Waals surface area (Å²) in [5.74, 6) is 1.25. The molecule has 0 aliphatic heterocycles. The summed E-state index contributed by atoms with van der Waals surface area (Å²) in [5.41, 5.74) is 9.79. The predicted octanol–water partition coefficient (Wildman–Crippen LogP) is 1.84. The Kier molecular flexibility index (Phi) is 6.67. The van der Waals surface area contributed by atoms with Gasteiger partial charge in [0.05, 0.1) is 36.7 Å². The Labute approximate surface area is 233 Å². The van der Waals surface area contributed by atoms with E-state index in [1.807, 2.05) is 71.3 Å². The molecule has 3 aromatic carbocycles. The zero-order chi connectivity index (χ0) is 28.5. The zero-order valence-corrected chi connectivity index (χ0v) is 22.6. The highest BCUT2D eigenvalue weighted by Gasteiger charge is 2.16. The molecule has 0 bridgehead atoms. The van der Waals surface area contributed by atoms with Crippen LogP contribution in [0.4, 0.5) is 11.9 Å². The molecule has 0 fully saturated rings. The molecule has 0 spiro atoms. The molecule has 0 aliphatic carbocycles. The summed E-state index contributed by atoms with van der Waals surface area (Å²) in [7, 11) is 3.40. The topological polar surface area (TPSA) is 153 Å². The molecule has 0 saturated heterocycles. The van der Waals surface area contributed by atoms with Crippen LogP contribution in [0.3, 0.4) is 0 Å². The molecule has 6 aromatic rings. The van der Waals surface area contributed by atoms with E-state index in [0.29, 0.717) is 30.3 Å². The van der Waals surface area contributed by atoms with Crippen molar-refractivity contribution in [3.8, 4) is 5.75 Å². The first kappa shape index (κ1) is 25.8. The van der Waals surface area contributed by atoms with Gasteiger partial charge >= 0.3 is 11.4 Å². The highest BCUT2D eigenvalue weighted by molar-refractivity contribution is 5.78. The van der Waals surface area contributed by atoms with Gasteiger partial charge < -0.3 is 20.4 Å².